The van der Waals surface area contributed by atoms with Crippen molar-refractivity contribution < 1.29 is 101 Å². The van der Waals surface area contributed by atoms with Crippen molar-refractivity contribution in [3.05, 3.63) is 59.7 Å². The van der Waals surface area contributed by atoms with Crippen LogP contribution in [0, 0.1) is 0 Å². The van der Waals surface area contributed by atoms with E-state index in [1.54, 1.807) is 83.1 Å². The van der Waals surface area contributed by atoms with E-state index in [1.165, 1.54) is 0 Å². The highest BCUT2D eigenvalue weighted by atomic mass is 16.7. The Bertz CT molecular complexity index is 2900. The van der Waals surface area contributed by atoms with E-state index in [1.807, 2.05) is 48.5 Å². The first-order valence-corrected chi connectivity index (χ1v) is 31.0. The van der Waals surface area contributed by atoms with Crippen LogP contribution in [-0.4, -0.2) is 182 Å². The first-order chi connectivity index (χ1) is 43.9. The van der Waals surface area contributed by atoms with Crippen molar-refractivity contribution in [3.8, 4) is 11.1 Å². The minimum atomic E-state index is -1.62. The number of nitrogens with one attached hydrogen (secondary N) is 9. The van der Waals surface area contributed by atoms with Gasteiger partial charge in [0.1, 0.15) is 66.3 Å². The minimum Gasteiger partial charge on any atom is -0.481 e. The summed E-state index contributed by atoms with van der Waals surface area (Å²) in [5.74, 6) is -9.89. The number of amides is 9. The summed E-state index contributed by atoms with van der Waals surface area (Å²) in [6.45, 7) is 16.9. The lowest BCUT2D eigenvalue weighted by Gasteiger charge is -2.26. The van der Waals surface area contributed by atoms with Gasteiger partial charge in [0.25, 0.3) is 5.91 Å². The van der Waals surface area contributed by atoms with E-state index in [9.17, 15) is 62.3 Å². The average molecular weight is 1330 g/mol. The van der Waals surface area contributed by atoms with Crippen LogP contribution < -0.4 is 48.0 Å². The second kappa shape index (κ2) is 38.3. The fourth-order valence-electron chi connectivity index (χ4n) is 8.98. The fraction of sp³-hybridized carbons (Fsp3) is 0.609. The van der Waals surface area contributed by atoms with Gasteiger partial charge in [-0.3, -0.25) is 57.6 Å². The second-order valence-corrected chi connectivity index (χ2v) is 25.9. The monoisotopic (exact) mass is 1330 g/mol. The van der Waals surface area contributed by atoms with Gasteiger partial charge < -0.3 is 76.1 Å². The Morgan fingerprint density at radius 1 is 0.447 bits per heavy atom. The lowest BCUT2D eigenvalue weighted by atomic mass is 9.98. The van der Waals surface area contributed by atoms with E-state index < -0.39 is 169 Å². The molecule has 30 heteroatoms. The van der Waals surface area contributed by atoms with Crippen LogP contribution in [0.15, 0.2) is 48.5 Å². The van der Waals surface area contributed by atoms with Gasteiger partial charge in [0, 0.05) is 38.3 Å². The lowest BCUT2D eigenvalue weighted by Crippen LogP contribution is -2.57. The van der Waals surface area contributed by atoms with Gasteiger partial charge in [0.2, 0.25) is 35.4 Å². The molecule has 0 unspecified atom stereocenters. The Morgan fingerprint density at radius 3 is 1.39 bits per heavy atom. The zero-order valence-corrected chi connectivity index (χ0v) is 55.8. The molecule has 4 atom stereocenters. The van der Waals surface area contributed by atoms with Crippen molar-refractivity contribution in [2.24, 2.45) is 0 Å². The van der Waals surface area contributed by atoms with Gasteiger partial charge in [-0.15, -0.1) is 0 Å². The van der Waals surface area contributed by atoms with Gasteiger partial charge in [-0.25, -0.2) is 15.1 Å². The molecule has 2 aromatic carbocycles. The molecule has 0 fully saturated rings. The summed E-state index contributed by atoms with van der Waals surface area (Å²) >= 11 is 0. The van der Waals surface area contributed by atoms with E-state index in [2.05, 4.69) is 48.0 Å². The number of unbranched alkanes of at least 4 members (excludes halogenated alkanes) is 1. The van der Waals surface area contributed by atoms with Gasteiger partial charge >= 0.3 is 36.1 Å². The first-order valence-electron chi connectivity index (χ1n) is 31.0. The number of esters is 3. The number of hydrogen-bond acceptors (Lipinski definition) is 20. The Kier molecular flexibility index (Phi) is 32.3. The van der Waals surface area contributed by atoms with Gasteiger partial charge in [0.05, 0.1) is 26.2 Å². The quantitative estimate of drug-likeness (QED) is 0.0201. The maximum Gasteiger partial charge on any atom is 0.407 e. The molecule has 2 aromatic rings. The summed E-state index contributed by atoms with van der Waals surface area (Å²) in [7, 11) is 0. The van der Waals surface area contributed by atoms with E-state index in [-0.39, 0.29) is 64.5 Å². The number of alkyl carbamates (subject to hydrolysis) is 2. The van der Waals surface area contributed by atoms with E-state index in [4.69, 9.17) is 38.4 Å². The molecule has 10 N–H and O–H groups in total. The highest BCUT2D eigenvalue weighted by molar-refractivity contribution is 5.95. The van der Waals surface area contributed by atoms with Gasteiger partial charge in [-0.1, -0.05) is 48.5 Å². The van der Waals surface area contributed by atoms with Crippen molar-refractivity contribution in [1.29, 1.82) is 0 Å². The first kappa shape index (κ1) is 79.3. The van der Waals surface area contributed by atoms with Crippen LogP contribution in [-0.2, 0) is 86.0 Å². The SMILES string of the molecule is CC(C)(C)OC(=O)CC[C@@H](NC(=O)COCCONC(=O)CNC(=O)[C@H](CCCCNC(=O)OC(C)(C)C)NC(=O)CNC(=O)OCC1c2ccccc2-c2ccccc21)C(=O)N[C@H](CCC(=O)OC(C)(C)C)C(=O)N[C@H](CCC(=O)OC(C)(C)C)C(=O)NCCC(=O)O. The van der Waals surface area contributed by atoms with E-state index in [0.29, 0.717) is 12.8 Å². The smallest absolute Gasteiger partial charge is 0.407 e. The minimum absolute atomic E-state index is 0.00392. The molecule has 0 saturated heterocycles. The molecule has 0 aliphatic heterocycles. The highest BCUT2D eigenvalue weighted by Gasteiger charge is 2.34. The number of rotatable bonds is 37. The maximum absolute atomic E-state index is 14.1. The van der Waals surface area contributed by atoms with E-state index in [0.717, 1.165) is 22.3 Å². The molecule has 0 spiro atoms. The number of benzene rings is 2. The summed E-state index contributed by atoms with van der Waals surface area (Å²) in [4.78, 5) is 174. The van der Waals surface area contributed by atoms with Crippen molar-refractivity contribution in [3.63, 3.8) is 0 Å². The summed E-state index contributed by atoms with van der Waals surface area (Å²) < 4.78 is 32.3. The number of aliphatic carboxylic acids is 1. The number of carbonyl (C=O) groups excluding carboxylic acids is 12. The predicted octanol–water partition coefficient (Wildman–Crippen LogP) is 3.30. The van der Waals surface area contributed by atoms with Crippen LogP contribution >= 0.6 is 0 Å². The van der Waals surface area contributed by atoms with Crippen LogP contribution in [0.2, 0.25) is 0 Å². The zero-order valence-electron chi connectivity index (χ0n) is 55.8. The normalized spacial score (nSPS) is 13.3. The van der Waals surface area contributed by atoms with Crippen molar-refractivity contribution >= 4 is 77.4 Å². The Morgan fingerprint density at radius 2 is 0.894 bits per heavy atom. The molecule has 522 valence electrons. The van der Waals surface area contributed by atoms with Crippen LogP contribution in [0.3, 0.4) is 0 Å². The summed E-state index contributed by atoms with van der Waals surface area (Å²) in [6, 6.07) is 9.68. The zero-order chi connectivity index (χ0) is 70.4. The molecule has 30 nitrogen and oxygen atoms in total. The number of fused-ring (bicyclic) bond motifs is 3. The molecular weight excluding hydrogens is 1230 g/mol. The lowest BCUT2D eigenvalue weighted by molar-refractivity contribution is -0.156. The van der Waals surface area contributed by atoms with Gasteiger partial charge in [-0.05, 0) is 144 Å². The Labute approximate surface area is 547 Å². The third-order valence-electron chi connectivity index (χ3n) is 12.9. The molecule has 1 aliphatic carbocycles. The number of carbonyl (C=O) groups is 13. The van der Waals surface area contributed by atoms with E-state index >= 15 is 0 Å². The average Bonchev–Trinajstić information content (AvgIpc) is 1.62. The Balaban J connectivity index is 1.63. The fourth-order valence-corrected chi connectivity index (χ4v) is 8.98. The van der Waals surface area contributed by atoms with Crippen LogP contribution in [0.5, 0.6) is 0 Å². The molecular formula is C64H95N9O21. The summed E-state index contributed by atoms with van der Waals surface area (Å²) in [6.07, 6.45) is -3.65. The summed E-state index contributed by atoms with van der Waals surface area (Å²) in [5, 5.41) is 28.9. The molecule has 0 aromatic heterocycles. The third kappa shape index (κ3) is 33.1. The number of hydrogen-bond donors (Lipinski definition) is 10. The molecule has 3 rings (SSSR count). The maximum atomic E-state index is 14.1. The highest BCUT2D eigenvalue weighted by Crippen LogP contribution is 2.44. The third-order valence-corrected chi connectivity index (χ3v) is 12.9. The van der Waals surface area contributed by atoms with Crippen LogP contribution in [0.1, 0.15) is 164 Å². The number of hydroxylamine groups is 1. The number of ether oxygens (including phenoxy) is 6. The standard InChI is InChI=1S/C64H95N9O21/c1-61(2,3)91-52(79)27-24-45(55(82)65-32-30-51(77)78)71-58(85)47(26-29-54(81)93-63(7,8)9)72-57(84)46(25-28-53(80)92-62(4,5)6)70-50(76)38-88-33-34-90-73-49(75)36-67-56(83)44(23-17-18-31-66-60(87)94-64(10,11)12)69-48(74)35-68-59(86)89-37-43-41-21-15-13-19-39(41)40-20-14-16-22-42(40)43/h13-16,19-22,43-47H,17-18,23-38H2,1-12H3,(H,65,82)(H,66,87)(H,67,83)(H,68,86)(H,69,74)(H,70,76)(H,71,85)(H,72,84)(H,73,75)(H,77,78)/t44-,45+,46+,47+/m0/s1. The van der Waals surface area contributed by atoms with Gasteiger partial charge in [-0.2, -0.15) is 0 Å². The van der Waals surface area contributed by atoms with Crippen LogP contribution in [0.4, 0.5) is 9.59 Å². The molecule has 0 saturated carbocycles. The molecule has 0 radical (unpaired) electrons. The molecule has 0 bridgehead atoms. The number of carboxylic acid groups (broad SMARTS) is 1. The predicted molar refractivity (Wildman–Crippen MR) is 337 cm³/mol. The molecule has 1 aliphatic rings. The van der Waals surface area contributed by atoms with Crippen molar-refractivity contribution in [2.75, 3.05) is 52.6 Å². The largest absolute Gasteiger partial charge is 0.481 e. The van der Waals surface area contributed by atoms with Crippen molar-refractivity contribution in [2.45, 2.75) is 200 Å². The van der Waals surface area contributed by atoms with Gasteiger partial charge in [0.15, 0.2) is 0 Å². The molecule has 9 amide bonds. The topological polar surface area (TPSA) is 415 Å². The Hall–Kier alpha value is -8.93. The van der Waals surface area contributed by atoms with Crippen LogP contribution in [0.25, 0.3) is 11.1 Å². The molecule has 0 heterocycles. The summed E-state index contributed by atoms with van der Waals surface area (Å²) in [5.41, 5.74) is 2.66. The van der Waals surface area contributed by atoms with Crippen molar-refractivity contribution in [1.82, 2.24) is 48.0 Å². The molecule has 94 heavy (non-hydrogen) atoms. The number of carboxylic acids is 1. The second-order valence-electron chi connectivity index (χ2n) is 25.9.